The van der Waals surface area contributed by atoms with Crippen molar-refractivity contribution in [1.82, 2.24) is 21.3 Å². The minimum atomic E-state index is -0.0694. The monoisotopic (exact) mass is 394 g/mol. The lowest BCUT2D eigenvalue weighted by molar-refractivity contribution is -0.150. The van der Waals surface area contributed by atoms with Crippen LogP contribution in [0.5, 0.6) is 0 Å². The summed E-state index contributed by atoms with van der Waals surface area (Å²) in [5.41, 5.74) is 0. The topological polar surface area (TPSA) is 140 Å². The van der Waals surface area contributed by atoms with Crippen LogP contribution >= 0.6 is 0 Å². The van der Waals surface area contributed by atoms with E-state index in [4.69, 9.17) is 9.47 Å². The van der Waals surface area contributed by atoms with Gasteiger partial charge in [-0.2, -0.15) is 0 Å². The van der Waals surface area contributed by atoms with Crippen LogP contribution in [0.4, 0.5) is 0 Å². The first-order valence-corrected chi connectivity index (χ1v) is 11.0. The lowest BCUT2D eigenvalue weighted by atomic mass is 10.1. The predicted octanol–water partition coefficient (Wildman–Crippen LogP) is -0.182. The molecule has 0 amide bonds. The van der Waals surface area contributed by atoms with E-state index in [1.165, 1.54) is 0 Å². The van der Waals surface area contributed by atoms with Crippen LogP contribution in [0.3, 0.4) is 0 Å². The number of carbonyl (C=O) groups is 2. The molecule has 0 saturated carbocycles. The van der Waals surface area contributed by atoms with E-state index in [-0.39, 0.29) is 24.1 Å². The standard InChI is InChI=1S/C20H34N4O4/c25-17(27-19(13-9-21-13)14-10-22-14)7-5-3-1-2-4-6-8-18(26)28-20(15-11-23-15)16-12-24-16/h13-16,19-24H,1-12H2. The molecule has 158 valence electrons. The molecule has 8 heteroatoms. The van der Waals surface area contributed by atoms with Crippen molar-refractivity contribution in [2.75, 3.05) is 26.2 Å². The summed E-state index contributed by atoms with van der Waals surface area (Å²) in [5.74, 6) is -0.139. The summed E-state index contributed by atoms with van der Waals surface area (Å²) in [6, 6.07) is 1.41. The van der Waals surface area contributed by atoms with E-state index in [0.29, 0.717) is 37.0 Å². The lowest BCUT2D eigenvalue weighted by Crippen LogP contribution is -2.32. The first kappa shape index (κ1) is 20.1. The molecule has 0 radical (unpaired) electrons. The molecule has 0 bridgehead atoms. The average molecular weight is 395 g/mol. The molecule has 4 atom stereocenters. The van der Waals surface area contributed by atoms with E-state index < -0.39 is 0 Å². The molecule has 4 rings (SSSR count). The maximum atomic E-state index is 12.0. The van der Waals surface area contributed by atoms with Gasteiger partial charge in [-0.3, -0.25) is 9.59 Å². The normalized spacial score (nSPS) is 31.6. The zero-order chi connectivity index (χ0) is 19.3. The fraction of sp³-hybridized carbons (Fsp3) is 0.900. The molecule has 0 aromatic heterocycles. The van der Waals surface area contributed by atoms with Gasteiger partial charge in [-0.1, -0.05) is 25.7 Å². The number of carbonyl (C=O) groups excluding carboxylic acids is 2. The second-order valence-corrected chi connectivity index (χ2v) is 8.59. The fourth-order valence-corrected chi connectivity index (χ4v) is 3.76. The molecule has 0 aromatic rings. The number of esters is 2. The maximum Gasteiger partial charge on any atom is 0.306 e. The molecule has 4 unspecified atom stereocenters. The van der Waals surface area contributed by atoms with Crippen molar-refractivity contribution in [3.05, 3.63) is 0 Å². The van der Waals surface area contributed by atoms with E-state index in [1.807, 2.05) is 0 Å². The van der Waals surface area contributed by atoms with Crippen molar-refractivity contribution in [3.8, 4) is 0 Å². The summed E-state index contributed by atoms with van der Waals surface area (Å²) in [5, 5.41) is 12.9. The largest absolute Gasteiger partial charge is 0.459 e. The Bertz CT molecular complexity index is 472. The second-order valence-electron chi connectivity index (χ2n) is 8.59. The van der Waals surface area contributed by atoms with Gasteiger partial charge in [0.15, 0.2) is 0 Å². The molecule has 4 fully saturated rings. The maximum absolute atomic E-state index is 12.0. The van der Waals surface area contributed by atoms with Crippen LogP contribution in [-0.4, -0.2) is 74.5 Å². The summed E-state index contributed by atoms with van der Waals surface area (Å²) < 4.78 is 11.2. The van der Waals surface area contributed by atoms with Gasteiger partial charge in [0, 0.05) is 39.0 Å². The predicted molar refractivity (Wildman–Crippen MR) is 104 cm³/mol. The summed E-state index contributed by atoms with van der Waals surface area (Å²) in [7, 11) is 0. The van der Waals surface area contributed by atoms with Crippen molar-refractivity contribution in [2.45, 2.75) is 87.7 Å². The quantitative estimate of drug-likeness (QED) is 0.170. The highest BCUT2D eigenvalue weighted by Gasteiger charge is 2.44. The molecule has 4 N–H and O–H groups in total. The van der Waals surface area contributed by atoms with Gasteiger partial charge >= 0.3 is 11.9 Å². The highest BCUT2D eigenvalue weighted by atomic mass is 16.6. The second kappa shape index (κ2) is 9.52. The number of rotatable bonds is 15. The summed E-state index contributed by atoms with van der Waals surface area (Å²) >= 11 is 0. The van der Waals surface area contributed by atoms with Crippen LogP contribution in [0.1, 0.15) is 51.4 Å². The molecular weight excluding hydrogens is 360 g/mol. The highest BCUT2D eigenvalue weighted by molar-refractivity contribution is 5.70. The molecule has 28 heavy (non-hydrogen) atoms. The third kappa shape index (κ3) is 6.69. The number of nitrogens with one attached hydrogen (secondary N) is 4. The zero-order valence-corrected chi connectivity index (χ0v) is 16.6. The van der Waals surface area contributed by atoms with Crippen LogP contribution in [0, 0.1) is 0 Å². The molecule has 4 saturated heterocycles. The molecule has 8 nitrogen and oxygen atoms in total. The van der Waals surface area contributed by atoms with Crippen molar-refractivity contribution >= 4 is 11.9 Å². The third-order valence-electron chi connectivity index (χ3n) is 5.89. The smallest absolute Gasteiger partial charge is 0.306 e. The van der Waals surface area contributed by atoms with E-state index in [2.05, 4.69) is 21.3 Å². The van der Waals surface area contributed by atoms with Gasteiger partial charge < -0.3 is 30.7 Å². The molecule has 4 aliphatic rings. The lowest BCUT2D eigenvalue weighted by Gasteiger charge is -2.15. The number of ether oxygens (including phenoxy) is 2. The van der Waals surface area contributed by atoms with Gasteiger partial charge in [0.1, 0.15) is 12.2 Å². The van der Waals surface area contributed by atoms with E-state index in [9.17, 15) is 9.59 Å². The summed E-state index contributed by atoms with van der Waals surface area (Å²) in [6.45, 7) is 3.83. The fourth-order valence-electron chi connectivity index (χ4n) is 3.76. The number of hydrogen-bond acceptors (Lipinski definition) is 8. The average Bonchev–Trinajstić information content (AvgIpc) is 3.53. The van der Waals surface area contributed by atoms with Gasteiger partial charge in [0.05, 0.1) is 24.2 Å². The van der Waals surface area contributed by atoms with Gasteiger partial charge in [-0.25, -0.2) is 0 Å². The van der Waals surface area contributed by atoms with Gasteiger partial charge in [-0.05, 0) is 12.8 Å². The van der Waals surface area contributed by atoms with E-state index in [0.717, 1.165) is 64.7 Å². The molecule has 4 aliphatic heterocycles. The Morgan fingerprint density at radius 1 is 0.607 bits per heavy atom. The Hall–Kier alpha value is -1.22. The van der Waals surface area contributed by atoms with Crippen LogP contribution in [0.2, 0.25) is 0 Å². The Labute approximate surface area is 166 Å². The van der Waals surface area contributed by atoms with Crippen molar-refractivity contribution in [2.24, 2.45) is 0 Å². The van der Waals surface area contributed by atoms with Crippen LogP contribution < -0.4 is 21.3 Å². The Morgan fingerprint density at radius 2 is 0.893 bits per heavy atom. The Morgan fingerprint density at radius 3 is 1.18 bits per heavy atom. The van der Waals surface area contributed by atoms with Gasteiger partial charge in [0.25, 0.3) is 0 Å². The Kier molecular flexibility index (Phi) is 6.82. The van der Waals surface area contributed by atoms with Crippen molar-refractivity contribution in [1.29, 1.82) is 0 Å². The molecule has 0 aliphatic carbocycles. The van der Waals surface area contributed by atoms with Crippen molar-refractivity contribution < 1.29 is 19.1 Å². The molecule has 4 heterocycles. The molecular formula is C20H34N4O4. The molecule has 0 aromatic carbocycles. The molecule has 0 spiro atoms. The van der Waals surface area contributed by atoms with Crippen LogP contribution in [0.15, 0.2) is 0 Å². The van der Waals surface area contributed by atoms with Crippen LogP contribution in [-0.2, 0) is 19.1 Å². The summed E-state index contributed by atoms with van der Waals surface area (Å²) in [4.78, 5) is 24.0. The van der Waals surface area contributed by atoms with Crippen molar-refractivity contribution in [3.63, 3.8) is 0 Å². The SMILES string of the molecule is O=C(CCCCCCCCC(=O)OC(C1CN1)C1CN1)OC(C1CN1)C1CN1. The first-order chi connectivity index (χ1) is 13.7. The Balaban J connectivity index is 0.964. The van der Waals surface area contributed by atoms with Crippen LogP contribution in [0.25, 0.3) is 0 Å². The van der Waals surface area contributed by atoms with Gasteiger partial charge in [0.2, 0.25) is 0 Å². The summed E-state index contributed by atoms with van der Waals surface area (Å²) in [6.07, 6.45) is 7.08. The number of unbranched alkanes of at least 4 members (excludes halogenated alkanes) is 5. The minimum Gasteiger partial charge on any atom is -0.459 e. The minimum absolute atomic E-state index is 0.0123. The zero-order valence-electron chi connectivity index (χ0n) is 16.6. The van der Waals surface area contributed by atoms with E-state index in [1.54, 1.807) is 0 Å². The number of hydrogen-bond donors (Lipinski definition) is 4. The first-order valence-electron chi connectivity index (χ1n) is 11.0. The van der Waals surface area contributed by atoms with Gasteiger partial charge in [-0.15, -0.1) is 0 Å². The van der Waals surface area contributed by atoms with E-state index >= 15 is 0 Å². The third-order valence-corrected chi connectivity index (χ3v) is 5.89. The highest BCUT2D eigenvalue weighted by Crippen LogP contribution is 2.20.